The SMILES string of the molecule is C=C(CC)/C(C)=C/C(=NC)c1cc(=O)n2cc(N3CCN(CCC)[C@H](C)C3)ccc2n1.CCC/C=C(/C)C(C)CC. The third-order valence-corrected chi connectivity index (χ3v) is 8.27. The van der Waals surface area contributed by atoms with Crippen molar-refractivity contribution in [2.75, 3.05) is 38.1 Å². The van der Waals surface area contributed by atoms with Crippen molar-refractivity contribution in [1.29, 1.82) is 0 Å². The third-order valence-electron chi connectivity index (χ3n) is 8.27. The Bertz CT molecular complexity index is 1290. The minimum Gasteiger partial charge on any atom is -0.367 e. The minimum atomic E-state index is -0.0963. The van der Waals surface area contributed by atoms with Crippen molar-refractivity contribution < 1.29 is 0 Å². The first-order chi connectivity index (χ1) is 19.6. The first-order valence-corrected chi connectivity index (χ1v) is 15.6. The van der Waals surface area contributed by atoms with Crippen molar-refractivity contribution in [2.24, 2.45) is 10.9 Å². The van der Waals surface area contributed by atoms with Crippen LogP contribution >= 0.6 is 0 Å². The number of pyridine rings is 1. The Labute approximate surface area is 249 Å². The number of allylic oxidation sites excluding steroid dienone is 5. The van der Waals surface area contributed by atoms with Crippen molar-refractivity contribution in [3.05, 3.63) is 75.9 Å². The lowest BCUT2D eigenvalue weighted by Crippen LogP contribution is -2.52. The fourth-order valence-corrected chi connectivity index (χ4v) is 4.99. The minimum absolute atomic E-state index is 0.0963. The number of rotatable bonds is 11. The maximum atomic E-state index is 12.9. The third kappa shape index (κ3) is 9.81. The molecule has 2 aromatic heterocycles. The number of hydrogen-bond acceptors (Lipinski definition) is 5. The fraction of sp³-hybridized carbons (Fsp3) is 0.571. The quantitative estimate of drug-likeness (QED) is 0.160. The van der Waals surface area contributed by atoms with Crippen LogP contribution < -0.4 is 10.5 Å². The summed E-state index contributed by atoms with van der Waals surface area (Å²) < 4.78 is 1.64. The summed E-state index contributed by atoms with van der Waals surface area (Å²) in [6, 6.07) is 6.06. The summed E-state index contributed by atoms with van der Waals surface area (Å²) in [6.07, 6.45) is 12.1. The number of nitrogens with zero attached hydrogens (tertiary/aromatic N) is 5. The van der Waals surface area contributed by atoms with E-state index in [0.717, 1.165) is 55.4 Å². The molecule has 0 aliphatic carbocycles. The number of aliphatic imine (C=N–C) groups is 1. The van der Waals surface area contributed by atoms with E-state index in [1.54, 1.807) is 23.1 Å². The van der Waals surface area contributed by atoms with Crippen molar-refractivity contribution in [3.63, 3.8) is 0 Å². The Morgan fingerprint density at radius 2 is 1.90 bits per heavy atom. The summed E-state index contributed by atoms with van der Waals surface area (Å²) in [5, 5.41) is 0. The van der Waals surface area contributed by atoms with Gasteiger partial charge in [0.15, 0.2) is 0 Å². The summed E-state index contributed by atoms with van der Waals surface area (Å²) in [5.41, 5.74) is 6.54. The van der Waals surface area contributed by atoms with Gasteiger partial charge in [-0.25, -0.2) is 4.98 Å². The van der Waals surface area contributed by atoms with Gasteiger partial charge in [0, 0.05) is 45.0 Å². The molecule has 2 atom stereocenters. The molecule has 0 saturated carbocycles. The van der Waals surface area contributed by atoms with Gasteiger partial charge in [-0.15, -0.1) is 0 Å². The highest BCUT2D eigenvalue weighted by molar-refractivity contribution is 6.08. The van der Waals surface area contributed by atoms with E-state index in [-0.39, 0.29) is 5.56 Å². The lowest BCUT2D eigenvalue weighted by atomic mass is 9.99. The first-order valence-electron chi connectivity index (χ1n) is 15.6. The van der Waals surface area contributed by atoms with E-state index in [1.807, 2.05) is 25.3 Å². The summed E-state index contributed by atoms with van der Waals surface area (Å²) in [6.45, 7) is 25.8. The van der Waals surface area contributed by atoms with Crippen LogP contribution in [0.3, 0.4) is 0 Å². The van der Waals surface area contributed by atoms with Gasteiger partial charge in [-0.05, 0) is 82.7 Å². The van der Waals surface area contributed by atoms with Crippen LogP contribution in [0.2, 0.25) is 0 Å². The van der Waals surface area contributed by atoms with Gasteiger partial charge in [0.25, 0.3) is 5.56 Å². The fourth-order valence-electron chi connectivity index (χ4n) is 4.99. The number of unbranched alkanes of at least 4 members (excludes halogenated alkanes) is 1. The van der Waals surface area contributed by atoms with Gasteiger partial charge in [0.05, 0.1) is 17.1 Å². The molecule has 1 fully saturated rings. The van der Waals surface area contributed by atoms with E-state index in [1.165, 1.54) is 25.7 Å². The number of anilines is 1. The largest absolute Gasteiger partial charge is 0.367 e. The molecule has 6 heteroatoms. The molecular formula is C35H55N5O. The Balaban J connectivity index is 0.000000503. The van der Waals surface area contributed by atoms with E-state index in [0.29, 0.717) is 23.1 Å². The molecule has 226 valence electrons. The maximum Gasteiger partial charge on any atom is 0.258 e. The molecule has 41 heavy (non-hydrogen) atoms. The summed E-state index contributed by atoms with van der Waals surface area (Å²) in [5.74, 6) is 0.784. The number of piperazine rings is 1. The van der Waals surface area contributed by atoms with Crippen LogP contribution in [0.15, 0.2) is 69.6 Å². The van der Waals surface area contributed by atoms with Gasteiger partial charge >= 0.3 is 0 Å². The monoisotopic (exact) mass is 561 g/mol. The molecule has 6 nitrogen and oxygen atoms in total. The number of fused-ring (bicyclic) bond motifs is 1. The van der Waals surface area contributed by atoms with Gasteiger partial charge in [-0.3, -0.25) is 19.1 Å². The lowest BCUT2D eigenvalue weighted by Gasteiger charge is -2.40. The molecule has 0 radical (unpaired) electrons. The molecule has 0 N–H and O–H groups in total. The van der Waals surface area contributed by atoms with Crippen molar-refractivity contribution >= 4 is 17.0 Å². The van der Waals surface area contributed by atoms with Crippen LogP contribution in [0.5, 0.6) is 0 Å². The average molecular weight is 562 g/mol. The van der Waals surface area contributed by atoms with E-state index in [9.17, 15) is 4.79 Å². The smallest absolute Gasteiger partial charge is 0.258 e. The molecule has 1 aliphatic rings. The van der Waals surface area contributed by atoms with Crippen molar-refractivity contribution in [3.8, 4) is 0 Å². The van der Waals surface area contributed by atoms with Crippen molar-refractivity contribution in [1.82, 2.24) is 14.3 Å². The van der Waals surface area contributed by atoms with Gasteiger partial charge in [0.1, 0.15) is 5.65 Å². The lowest BCUT2D eigenvalue weighted by molar-refractivity contribution is 0.190. The zero-order valence-corrected chi connectivity index (χ0v) is 27.3. The maximum absolute atomic E-state index is 12.9. The van der Waals surface area contributed by atoms with E-state index in [2.05, 4.69) is 82.0 Å². The van der Waals surface area contributed by atoms with Gasteiger partial charge in [-0.2, -0.15) is 0 Å². The molecule has 0 amide bonds. The van der Waals surface area contributed by atoms with Gasteiger partial charge < -0.3 is 4.90 Å². The Kier molecular flexibility index (Phi) is 14.3. The predicted molar refractivity (Wildman–Crippen MR) is 179 cm³/mol. The van der Waals surface area contributed by atoms with Gasteiger partial charge in [0.2, 0.25) is 0 Å². The molecule has 1 saturated heterocycles. The molecule has 0 bridgehead atoms. The average Bonchev–Trinajstić information content (AvgIpc) is 2.98. The molecule has 0 aromatic carbocycles. The van der Waals surface area contributed by atoms with Crippen LogP contribution in [0.25, 0.3) is 5.65 Å². The van der Waals surface area contributed by atoms with E-state index < -0.39 is 0 Å². The standard InChI is InChI=1S/C25H35N5O.C10H20/c1-7-11-28-12-13-29(16-20(28)5)21-9-10-24-27-23(15-25(31)30(24)17-21)22(26-6)14-19(4)18(3)8-2;1-5-7-8-10(4)9(3)6-2/h9-10,14-15,17,20H,3,7-8,11-13,16H2,1-2,4-6H3;8-9H,5-7H2,1-4H3/b19-14+,26-22?;10-8-/t20-;/m1./s1. The summed E-state index contributed by atoms with van der Waals surface area (Å²) >= 11 is 0. The van der Waals surface area contributed by atoms with Crippen LogP contribution in [-0.4, -0.2) is 59.3 Å². The molecule has 0 spiro atoms. The zero-order valence-electron chi connectivity index (χ0n) is 27.3. The Morgan fingerprint density at radius 3 is 2.49 bits per heavy atom. The molecule has 3 rings (SSSR count). The first kappa shape index (κ1) is 34.2. The predicted octanol–water partition coefficient (Wildman–Crippen LogP) is 7.73. The highest BCUT2D eigenvalue weighted by Gasteiger charge is 2.23. The molecule has 3 heterocycles. The van der Waals surface area contributed by atoms with Crippen molar-refractivity contribution in [2.45, 2.75) is 93.5 Å². The highest BCUT2D eigenvalue weighted by Crippen LogP contribution is 2.20. The molecular weight excluding hydrogens is 506 g/mol. The topological polar surface area (TPSA) is 53.2 Å². The van der Waals surface area contributed by atoms with E-state index in [4.69, 9.17) is 4.98 Å². The highest BCUT2D eigenvalue weighted by atomic mass is 16.1. The molecule has 1 aliphatic heterocycles. The van der Waals surface area contributed by atoms with Crippen LogP contribution in [-0.2, 0) is 0 Å². The normalized spacial score (nSPS) is 17.8. The number of aromatic nitrogens is 2. The zero-order chi connectivity index (χ0) is 30.5. The second-order valence-corrected chi connectivity index (χ2v) is 11.4. The molecule has 1 unspecified atom stereocenters. The summed E-state index contributed by atoms with van der Waals surface area (Å²) in [7, 11) is 1.72. The second-order valence-electron chi connectivity index (χ2n) is 11.4. The summed E-state index contributed by atoms with van der Waals surface area (Å²) in [4.78, 5) is 26.9. The van der Waals surface area contributed by atoms with E-state index >= 15 is 0 Å². The Hall–Kier alpha value is -2.99. The number of hydrogen-bond donors (Lipinski definition) is 0. The van der Waals surface area contributed by atoms with Gasteiger partial charge in [-0.1, -0.05) is 64.8 Å². The Morgan fingerprint density at radius 1 is 1.17 bits per heavy atom. The van der Waals surface area contributed by atoms with Crippen LogP contribution in [0.4, 0.5) is 5.69 Å². The van der Waals surface area contributed by atoms with Crippen LogP contribution in [0.1, 0.15) is 93.2 Å². The second kappa shape index (κ2) is 17.1. The van der Waals surface area contributed by atoms with Crippen LogP contribution in [0, 0.1) is 5.92 Å². The molecule has 2 aromatic rings.